The lowest BCUT2D eigenvalue weighted by Crippen LogP contribution is -1.92. The van der Waals surface area contributed by atoms with Crippen LogP contribution in [-0.2, 0) is 0 Å². The number of benzene rings is 3. The van der Waals surface area contributed by atoms with Crippen molar-refractivity contribution in [2.24, 2.45) is 0 Å². The Bertz CT molecular complexity index is 809. The van der Waals surface area contributed by atoms with Gasteiger partial charge in [-0.05, 0) is 58.3 Å². The van der Waals surface area contributed by atoms with E-state index in [-0.39, 0.29) is 5.82 Å². The predicted octanol–water partition coefficient (Wildman–Crippen LogP) is 4.46. The zero-order valence-electron chi connectivity index (χ0n) is 11.7. The number of fused-ring (bicyclic) bond motifs is 3. The maximum absolute atomic E-state index is 13.4. The monoisotopic (exact) mass is 270 g/mol. The molecule has 0 atom stereocenters. The summed E-state index contributed by atoms with van der Waals surface area (Å²) in [6, 6.07) is 10.8. The molecule has 0 aliphatic heterocycles. The Balaban J connectivity index is 2.46. The predicted molar refractivity (Wildman–Crippen MR) is 79.3 cm³/mol. The van der Waals surface area contributed by atoms with Gasteiger partial charge in [0.15, 0.2) is 11.5 Å². The van der Waals surface area contributed by atoms with Crippen LogP contribution < -0.4 is 9.47 Å². The lowest BCUT2D eigenvalue weighted by atomic mass is 9.97. The van der Waals surface area contributed by atoms with E-state index in [2.05, 4.69) is 0 Å². The normalized spacial score (nSPS) is 11.0. The molecule has 0 bridgehead atoms. The van der Waals surface area contributed by atoms with E-state index in [1.807, 2.05) is 31.2 Å². The number of methoxy groups -OCH3 is 2. The molecule has 0 fully saturated rings. The van der Waals surface area contributed by atoms with E-state index < -0.39 is 0 Å². The van der Waals surface area contributed by atoms with Crippen molar-refractivity contribution in [2.45, 2.75) is 6.92 Å². The van der Waals surface area contributed by atoms with Crippen LogP contribution in [-0.4, -0.2) is 14.2 Å². The second kappa shape index (κ2) is 4.67. The zero-order valence-corrected chi connectivity index (χ0v) is 11.7. The van der Waals surface area contributed by atoms with Crippen molar-refractivity contribution in [3.05, 3.63) is 47.8 Å². The highest BCUT2D eigenvalue weighted by atomic mass is 19.1. The molecule has 0 unspecified atom stereocenters. The Labute approximate surface area is 116 Å². The number of ether oxygens (including phenoxy) is 2. The number of halogens is 1. The van der Waals surface area contributed by atoms with Gasteiger partial charge in [0.2, 0.25) is 0 Å². The zero-order chi connectivity index (χ0) is 14.3. The molecule has 0 heterocycles. The Hall–Kier alpha value is -2.29. The SMILES string of the molecule is COc1cc2cc(C)c3cc(F)ccc3c2cc1OC. The summed E-state index contributed by atoms with van der Waals surface area (Å²) >= 11 is 0. The third-order valence-electron chi connectivity index (χ3n) is 3.62. The summed E-state index contributed by atoms with van der Waals surface area (Å²) in [6.45, 7) is 1.98. The van der Waals surface area contributed by atoms with Gasteiger partial charge in [-0.15, -0.1) is 0 Å². The maximum Gasteiger partial charge on any atom is 0.161 e. The van der Waals surface area contributed by atoms with Gasteiger partial charge < -0.3 is 9.47 Å². The largest absolute Gasteiger partial charge is 0.493 e. The quantitative estimate of drug-likeness (QED) is 0.640. The molecule has 0 spiro atoms. The molecule has 0 radical (unpaired) electrons. The van der Waals surface area contributed by atoms with Crippen LogP contribution in [0.2, 0.25) is 0 Å². The first kappa shape index (κ1) is 12.7. The van der Waals surface area contributed by atoms with Crippen molar-refractivity contribution in [1.82, 2.24) is 0 Å². The summed E-state index contributed by atoms with van der Waals surface area (Å²) < 4.78 is 24.1. The Kier molecular flexibility index (Phi) is 2.97. The van der Waals surface area contributed by atoms with Crippen LogP contribution in [0.3, 0.4) is 0 Å². The molecule has 0 amide bonds. The molecule has 0 aliphatic rings. The molecule has 3 heteroatoms. The standard InChI is InChI=1S/C17H15FO2/c1-10-6-11-7-16(19-2)17(20-3)9-15(11)13-5-4-12(18)8-14(10)13/h4-9H,1-3H3. The van der Waals surface area contributed by atoms with Gasteiger partial charge in [0.1, 0.15) is 5.82 Å². The molecule has 20 heavy (non-hydrogen) atoms. The first-order valence-corrected chi connectivity index (χ1v) is 6.38. The average Bonchev–Trinajstić information content (AvgIpc) is 2.46. The van der Waals surface area contributed by atoms with Gasteiger partial charge in [-0.25, -0.2) is 4.39 Å². The number of rotatable bonds is 2. The van der Waals surface area contributed by atoms with E-state index in [9.17, 15) is 4.39 Å². The topological polar surface area (TPSA) is 18.5 Å². The minimum atomic E-state index is -0.222. The van der Waals surface area contributed by atoms with Gasteiger partial charge in [-0.1, -0.05) is 12.1 Å². The fourth-order valence-electron chi connectivity index (χ4n) is 2.64. The van der Waals surface area contributed by atoms with E-state index >= 15 is 0 Å². The van der Waals surface area contributed by atoms with Gasteiger partial charge >= 0.3 is 0 Å². The highest BCUT2D eigenvalue weighted by Crippen LogP contribution is 2.37. The second-order valence-corrected chi connectivity index (χ2v) is 4.81. The van der Waals surface area contributed by atoms with Gasteiger partial charge in [0, 0.05) is 0 Å². The van der Waals surface area contributed by atoms with E-state index in [1.54, 1.807) is 20.3 Å². The Morgan fingerprint density at radius 2 is 1.50 bits per heavy atom. The van der Waals surface area contributed by atoms with E-state index in [1.165, 1.54) is 6.07 Å². The summed E-state index contributed by atoms with van der Waals surface area (Å²) in [4.78, 5) is 0. The van der Waals surface area contributed by atoms with Gasteiger partial charge in [-0.2, -0.15) is 0 Å². The molecular formula is C17H15FO2. The van der Waals surface area contributed by atoms with Crippen LogP contribution in [0.25, 0.3) is 21.5 Å². The fourth-order valence-corrected chi connectivity index (χ4v) is 2.64. The van der Waals surface area contributed by atoms with Crippen LogP contribution >= 0.6 is 0 Å². The second-order valence-electron chi connectivity index (χ2n) is 4.81. The van der Waals surface area contributed by atoms with Crippen LogP contribution in [0.5, 0.6) is 11.5 Å². The minimum absolute atomic E-state index is 0.222. The molecule has 0 N–H and O–H groups in total. The van der Waals surface area contributed by atoms with Crippen molar-refractivity contribution in [2.75, 3.05) is 14.2 Å². The molecule has 3 aromatic rings. The van der Waals surface area contributed by atoms with Crippen molar-refractivity contribution < 1.29 is 13.9 Å². The fraction of sp³-hybridized carbons (Fsp3) is 0.176. The molecule has 0 aliphatic carbocycles. The third kappa shape index (κ3) is 1.86. The van der Waals surface area contributed by atoms with Crippen molar-refractivity contribution >= 4 is 21.5 Å². The van der Waals surface area contributed by atoms with Crippen molar-refractivity contribution in [3.63, 3.8) is 0 Å². The van der Waals surface area contributed by atoms with Crippen LogP contribution in [0, 0.1) is 12.7 Å². The molecule has 102 valence electrons. The van der Waals surface area contributed by atoms with E-state index in [4.69, 9.17) is 9.47 Å². The molecule has 3 rings (SSSR count). The van der Waals surface area contributed by atoms with Crippen LogP contribution in [0.15, 0.2) is 36.4 Å². The van der Waals surface area contributed by atoms with Crippen molar-refractivity contribution in [1.29, 1.82) is 0 Å². The smallest absolute Gasteiger partial charge is 0.161 e. The average molecular weight is 270 g/mol. The van der Waals surface area contributed by atoms with E-state index in [0.29, 0.717) is 11.5 Å². The van der Waals surface area contributed by atoms with Crippen LogP contribution in [0.4, 0.5) is 4.39 Å². The number of hydrogen-bond donors (Lipinski definition) is 0. The summed E-state index contributed by atoms with van der Waals surface area (Å²) in [5.41, 5.74) is 1.04. The number of aryl methyl sites for hydroxylation is 1. The summed E-state index contributed by atoms with van der Waals surface area (Å²) in [7, 11) is 3.23. The summed E-state index contributed by atoms with van der Waals surface area (Å²) in [5, 5.41) is 4.02. The molecule has 3 aromatic carbocycles. The highest BCUT2D eigenvalue weighted by Gasteiger charge is 2.10. The van der Waals surface area contributed by atoms with Crippen LogP contribution in [0.1, 0.15) is 5.56 Å². The summed E-state index contributed by atoms with van der Waals surface area (Å²) in [5.74, 6) is 1.15. The lowest BCUT2D eigenvalue weighted by molar-refractivity contribution is 0.356. The molecule has 0 aromatic heterocycles. The lowest BCUT2D eigenvalue weighted by Gasteiger charge is -2.12. The number of hydrogen-bond acceptors (Lipinski definition) is 2. The van der Waals surface area contributed by atoms with Gasteiger partial charge in [0.25, 0.3) is 0 Å². The van der Waals surface area contributed by atoms with Gasteiger partial charge in [0.05, 0.1) is 14.2 Å². The van der Waals surface area contributed by atoms with E-state index in [0.717, 1.165) is 27.1 Å². The molecule has 0 saturated carbocycles. The minimum Gasteiger partial charge on any atom is -0.493 e. The Morgan fingerprint density at radius 3 is 2.20 bits per heavy atom. The molecular weight excluding hydrogens is 255 g/mol. The first-order chi connectivity index (χ1) is 9.63. The first-order valence-electron chi connectivity index (χ1n) is 6.38. The summed E-state index contributed by atoms with van der Waals surface area (Å²) in [6.07, 6.45) is 0. The third-order valence-corrected chi connectivity index (χ3v) is 3.62. The molecule has 2 nitrogen and oxygen atoms in total. The maximum atomic E-state index is 13.4. The molecule has 0 saturated heterocycles. The van der Waals surface area contributed by atoms with Gasteiger partial charge in [-0.3, -0.25) is 0 Å². The highest BCUT2D eigenvalue weighted by molar-refractivity contribution is 6.09. The Morgan fingerprint density at radius 1 is 0.800 bits per heavy atom. The van der Waals surface area contributed by atoms with Crippen molar-refractivity contribution in [3.8, 4) is 11.5 Å².